The molecule has 1 amide bonds. The quantitative estimate of drug-likeness (QED) is 0.219. The van der Waals surface area contributed by atoms with Gasteiger partial charge in [-0.1, -0.05) is 24.3 Å². The maximum absolute atomic E-state index is 12.4. The van der Waals surface area contributed by atoms with E-state index in [4.69, 9.17) is 4.74 Å². The third-order valence-electron chi connectivity index (χ3n) is 9.28. The van der Waals surface area contributed by atoms with Crippen molar-refractivity contribution in [2.24, 2.45) is 0 Å². The summed E-state index contributed by atoms with van der Waals surface area (Å²) in [6, 6.07) is 25.7. The minimum Gasteiger partial charge on any atom is -0.444 e. The Balaban J connectivity index is 0.000000147. The van der Waals surface area contributed by atoms with E-state index in [1.807, 2.05) is 25.7 Å². The number of aromatic nitrogens is 2. The molecule has 2 spiro atoms. The Labute approximate surface area is 254 Å². The van der Waals surface area contributed by atoms with Gasteiger partial charge in [-0.2, -0.15) is 0 Å². The molecule has 224 valence electrons. The van der Waals surface area contributed by atoms with Crippen LogP contribution < -0.4 is 16.0 Å². The molecule has 8 rings (SSSR count). The Morgan fingerprint density at radius 1 is 0.698 bits per heavy atom. The van der Waals surface area contributed by atoms with Crippen molar-refractivity contribution in [3.8, 4) is 11.4 Å². The summed E-state index contributed by atoms with van der Waals surface area (Å²) in [5.74, 6) is 0. The van der Waals surface area contributed by atoms with Gasteiger partial charge in [-0.05, 0) is 108 Å². The molecule has 0 atom stereocenters. The minimum absolute atomic E-state index is 0.114. The minimum atomic E-state index is -0.455. The van der Waals surface area contributed by atoms with Gasteiger partial charge in [0.1, 0.15) is 5.60 Å². The fraction of sp³-hybridized carbons (Fsp3) is 0.400. The third kappa shape index (κ3) is 4.97. The Morgan fingerprint density at radius 2 is 1.19 bits per heavy atom. The number of ether oxygens (including phenoxy) is 1. The first-order chi connectivity index (χ1) is 20.8. The monoisotopic (exact) mass is 578 g/mol. The number of amides is 1. The van der Waals surface area contributed by atoms with E-state index in [0.717, 1.165) is 44.5 Å². The SMILES string of the molecule is CC(C)(C)OC(=O)N1CCC2(CC1)Nc1ccccc1-n1cccc12.c1ccc2c(c1)NC1(CCNCC1)c1cccn1-2. The van der Waals surface area contributed by atoms with E-state index in [9.17, 15) is 4.79 Å². The van der Waals surface area contributed by atoms with Gasteiger partial charge in [-0.25, -0.2) is 4.79 Å². The zero-order valence-electron chi connectivity index (χ0n) is 25.4. The average molecular weight is 579 g/mol. The summed E-state index contributed by atoms with van der Waals surface area (Å²) in [5, 5.41) is 11.0. The number of piperidine rings is 2. The molecule has 0 saturated carbocycles. The van der Waals surface area contributed by atoms with E-state index in [2.05, 4.69) is 110 Å². The molecule has 6 heterocycles. The number of para-hydroxylation sites is 4. The van der Waals surface area contributed by atoms with E-state index in [1.165, 1.54) is 28.5 Å². The number of carbonyl (C=O) groups is 1. The summed E-state index contributed by atoms with van der Waals surface area (Å²) in [6.07, 6.45) is 8.11. The van der Waals surface area contributed by atoms with Crippen molar-refractivity contribution in [3.05, 3.63) is 96.6 Å². The van der Waals surface area contributed by atoms with Gasteiger partial charge in [0, 0.05) is 36.9 Å². The Hall–Kier alpha value is -4.17. The molecule has 0 bridgehead atoms. The van der Waals surface area contributed by atoms with Crippen molar-refractivity contribution in [2.75, 3.05) is 36.8 Å². The zero-order chi connectivity index (χ0) is 29.7. The number of rotatable bonds is 0. The number of fused-ring (bicyclic) bond motifs is 8. The number of benzene rings is 2. The Bertz CT molecular complexity index is 1610. The number of hydrogen-bond donors (Lipinski definition) is 3. The normalized spacial score (nSPS) is 19.0. The number of nitrogens with zero attached hydrogens (tertiary/aromatic N) is 3. The van der Waals surface area contributed by atoms with Gasteiger partial charge in [0.25, 0.3) is 0 Å². The molecule has 8 heteroatoms. The number of likely N-dealkylation sites (tertiary alicyclic amines) is 1. The van der Waals surface area contributed by atoms with Crippen molar-refractivity contribution in [2.45, 2.75) is 63.1 Å². The molecule has 4 aromatic rings. The lowest BCUT2D eigenvalue weighted by Crippen LogP contribution is -2.51. The van der Waals surface area contributed by atoms with Crippen LogP contribution in [-0.4, -0.2) is 51.9 Å². The molecule has 2 fully saturated rings. The molecule has 0 aliphatic carbocycles. The topological polar surface area (TPSA) is 75.5 Å². The van der Waals surface area contributed by atoms with E-state index in [-0.39, 0.29) is 17.2 Å². The van der Waals surface area contributed by atoms with Crippen LogP contribution in [0.1, 0.15) is 57.8 Å². The first-order valence-electron chi connectivity index (χ1n) is 15.6. The largest absolute Gasteiger partial charge is 0.444 e. The maximum atomic E-state index is 12.4. The molecule has 3 N–H and O–H groups in total. The van der Waals surface area contributed by atoms with Crippen molar-refractivity contribution < 1.29 is 9.53 Å². The highest BCUT2D eigenvalue weighted by Gasteiger charge is 2.43. The highest BCUT2D eigenvalue weighted by atomic mass is 16.6. The molecule has 8 nitrogen and oxygen atoms in total. The van der Waals surface area contributed by atoms with Crippen molar-refractivity contribution in [1.29, 1.82) is 0 Å². The first kappa shape index (κ1) is 27.7. The highest BCUT2D eigenvalue weighted by molar-refractivity contribution is 5.70. The molecule has 4 aliphatic rings. The Morgan fingerprint density at radius 3 is 1.70 bits per heavy atom. The number of nitrogens with one attached hydrogen (secondary N) is 3. The number of carbonyl (C=O) groups excluding carboxylic acids is 1. The zero-order valence-corrected chi connectivity index (χ0v) is 25.4. The second-order valence-electron chi connectivity index (χ2n) is 13.2. The predicted octanol–water partition coefficient (Wildman–Crippen LogP) is 6.61. The molecule has 4 aliphatic heterocycles. The maximum Gasteiger partial charge on any atom is 0.410 e. The lowest BCUT2D eigenvalue weighted by molar-refractivity contribution is 0.0172. The van der Waals surface area contributed by atoms with Gasteiger partial charge >= 0.3 is 6.09 Å². The van der Waals surface area contributed by atoms with E-state index < -0.39 is 5.60 Å². The van der Waals surface area contributed by atoms with Crippen LogP contribution in [0, 0.1) is 0 Å². The molecule has 0 unspecified atom stereocenters. The van der Waals surface area contributed by atoms with E-state index >= 15 is 0 Å². The van der Waals surface area contributed by atoms with Crippen LogP contribution >= 0.6 is 0 Å². The summed E-state index contributed by atoms with van der Waals surface area (Å²) in [4.78, 5) is 14.2. The van der Waals surface area contributed by atoms with Crippen LogP contribution in [0.15, 0.2) is 85.2 Å². The molecule has 2 saturated heterocycles. The molecular weight excluding hydrogens is 536 g/mol. The second kappa shape index (κ2) is 10.5. The fourth-order valence-corrected chi connectivity index (χ4v) is 7.20. The molecular formula is C35H42N6O2. The van der Waals surface area contributed by atoms with Crippen LogP contribution in [0.4, 0.5) is 16.2 Å². The lowest BCUT2D eigenvalue weighted by Gasteiger charge is -2.46. The van der Waals surface area contributed by atoms with Crippen molar-refractivity contribution in [3.63, 3.8) is 0 Å². The smallest absolute Gasteiger partial charge is 0.410 e. The summed E-state index contributed by atoms with van der Waals surface area (Å²) in [7, 11) is 0. The van der Waals surface area contributed by atoms with Crippen LogP contribution in [0.2, 0.25) is 0 Å². The second-order valence-corrected chi connectivity index (χ2v) is 13.2. The first-order valence-corrected chi connectivity index (χ1v) is 15.6. The lowest BCUT2D eigenvalue weighted by atomic mass is 9.82. The van der Waals surface area contributed by atoms with Gasteiger partial charge in [0.15, 0.2) is 0 Å². The Kier molecular flexibility index (Phi) is 6.77. The average Bonchev–Trinajstić information content (AvgIpc) is 3.70. The van der Waals surface area contributed by atoms with Crippen molar-refractivity contribution in [1.82, 2.24) is 19.4 Å². The summed E-state index contributed by atoms with van der Waals surface area (Å²) >= 11 is 0. The summed E-state index contributed by atoms with van der Waals surface area (Å²) < 4.78 is 10.1. The molecule has 2 aromatic carbocycles. The summed E-state index contributed by atoms with van der Waals surface area (Å²) in [5.41, 5.74) is 7.06. The summed E-state index contributed by atoms with van der Waals surface area (Å²) in [6.45, 7) is 9.26. The van der Waals surface area contributed by atoms with Gasteiger partial charge in [-0.15, -0.1) is 0 Å². The van der Waals surface area contributed by atoms with Crippen molar-refractivity contribution >= 4 is 17.5 Å². The molecule has 0 radical (unpaired) electrons. The van der Waals surface area contributed by atoms with Gasteiger partial charge in [-0.3, -0.25) is 0 Å². The van der Waals surface area contributed by atoms with Crippen LogP contribution in [0.5, 0.6) is 0 Å². The van der Waals surface area contributed by atoms with Gasteiger partial charge in [0.2, 0.25) is 0 Å². The fourth-order valence-electron chi connectivity index (χ4n) is 7.20. The van der Waals surface area contributed by atoms with Crippen LogP contribution in [0.3, 0.4) is 0 Å². The number of hydrogen-bond acceptors (Lipinski definition) is 5. The molecule has 2 aromatic heterocycles. The third-order valence-corrected chi connectivity index (χ3v) is 9.28. The number of anilines is 2. The van der Waals surface area contributed by atoms with Gasteiger partial charge < -0.3 is 34.7 Å². The van der Waals surface area contributed by atoms with Crippen LogP contribution in [-0.2, 0) is 15.8 Å². The molecule has 43 heavy (non-hydrogen) atoms. The van der Waals surface area contributed by atoms with Gasteiger partial charge in [0.05, 0.1) is 33.8 Å². The standard InChI is InChI=1S/C20H25N3O2.C15H17N3/c1-19(2,3)25-18(24)22-13-10-20(11-14-22)17-9-6-12-23(17)16-8-5-4-7-15(16)21-20;1-2-5-13-12(4-1)17-15(7-9-16-10-8-15)14-6-3-11-18(13)14/h4-9,12,21H,10-11,13-14H2,1-3H3;1-6,11,16-17H,7-10H2. The highest BCUT2D eigenvalue weighted by Crippen LogP contribution is 2.44. The predicted molar refractivity (Wildman–Crippen MR) is 171 cm³/mol. The van der Waals surface area contributed by atoms with E-state index in [0.29, 0.717) is 13.1 Å². The van der Waals surface area contributed by atoms with E-state index in [1.54, 1.807) is 0 Å². The van der Waals surface area contributed by atoms with Crippen LogP contribution in [0.25, 0.3) is 11.4 Å².